The summed E-state index contributed by atoms with van der Waals surface area (Å²) in [5, 5.41) is 5.03. The van der Waals surface area contributed by atoms with Crippen molar-refractivity contribution in [3.63, 3.8) is 0 Å². The zero-order chi connectivity index (χ0) is 9.30. The largest absolute Gasteiger partial charge is 0.283 e. The molecule has 1 atom stereocenters. The molecule has 0 bridgehead atoms. The maximum absolute atomic E-state index is 12.9. The van der Waals surface area contributed by atoms with Crippen molar-refractivity contribution in [2.24, 2.45) is 11.0 Å². The molecular formula is C8H13FN2O. The van der Waals surface area contributed by atoms with Gasteiger partial charge in [-0.05, 0) is 12.8 Å². The van der Waals surface area contributed by atoms with Gasteiger partial charge < -0.3 is 0 Å². The Morgan fingerprint density at radius 3 is 2.58 bits per heavy atom. The number of carbonyl (C=O) groups excluding carboxylic acids is 1. The number of carbonyl (C=O) groups is 1. The average molecular weight is 172 g/mol. The third-order valence-electron chi connectivity index (χ3n) is 1.65. The molecule has 0 fully saturated rings. The standard InChI is InChI=1S/C8H13FN2O/c1-5(2)4-11-8(12)7(9)6(3)10-11/h5,7H,4H2,1-3H3. The van der Waals surface area contributed by atoms with Crippen LogP contribution in [0.15, 0.2) is 5.10 Å². The lowest BCUT2D eigenvalue weighted by Crippen LogP contribution is -2.30. The van der Waals surface area contributed by atoms with E-state index in [-0.39, 0.29) is 5.71 Å². The van der Waals surface area contributed by atoms with E-state index in [0.29, 0.717) is 12.5 Å². The minimum atomic E-state index is -1.51. The molecule has 0 aromatic rings. The molecule has 1 rings (SSSR count). The Hall–Kier alpha value is -0.930. The summed E-state index contributed by atoms with van der Waals surface area (Å²) >= 11 is 0. The molecule has 0 radical (unpaired) electrons. The number of halogens is 1. The van der Waals surface area contributed by atoms with Crippen molar-refractivity contribution in [2.75, 3.05) is 6.54 Å². The summed E-state index contributed by atoms with van der Waals surface area (Å²) in [7, 11) is 0. The summed E-state index contributed by atoms with van der Waals surface area (Å²) in [6.45, 7) is 5.95. The minimum absolute atomic E-state index is 0.264. The Morgan fingerprint density at radius 1 is 1.67 bits per heavy atom. The first-order chi connectivity index (χ1) is 5.52. The van der Waals surface area contributed by atoms with Crippen LogP contribution in [0, 0.1) is 5.92 Å². The highest BCUT2D eigenvalue weighted by Crippen LogP contribution is 2.13. The van der Waals surface area contributed by atoms with Crippen LogP contribution in [-0.2, 0) is 4.79 Å². The fourth-order valence-electron chi connectivity index (χ4n) is 1.08. The lowest BCUT2D eigenvalue weighted by molar-refractivity contribution is -0.132. The van der Waals surface area contributed by atoms with E-state index < -0.39 is 12.1 Å². The Kier molecular flexibility index (Phi) is 2.45. The molecule has 68 valence electrons. The van der Waals surface area contributed by atoms with Crippen LogP contribution < -0.4 is 0 Å². The van der Waals surface area contributed by atoms with Crippen LogP contribution in [0.4, 0.5) is 4.39 Å². The van der Waals surface area contributed by atoms with Gasteiger partial charge in [-0.25, -0.2) is 9.40 Å². The van der Waals surface area contributed by atoms with Crippen molar-refractivity contribution in [1.82, 2.24) is 5.01 Å². The van der Waals surface area contributed by atoms with Crippen LogP contribution in [0.3, 0.4) is 0 Å². The van der Waals surface area contributed by atoms with Crippen molar-refractivity contribution in [3.8, 4) is 0 Å². The third kappa shape index (κ3) is 1.62. The Balaban J connectivity index is 2.64. The zero-order valence-corrected chi connectivity index (χ0v) is 7.54. The first kappa shape index (κ1) is 9.16. The van der Waals surface area contributed by atoms with Crippen LogP contribution in [0.1, 0.15) is 20.8 Å². The summed E-state index contributed by atoms with van der Waals surface area (Å²) in [6.07, 6.45) is -1.51. The predicted octanol–water partition coefficient (Wildman–Crippen LogP) is 1.20. The van der Waals surface area contributed by atoms with Gasteiger partial charge in [0, 0.05) is 6.54 Å². The monoisotopic (exact) mass is 172 g/mol. The van der Waals surface area contributed by atoms with E-state index >= 15 is 0 Å². The number of amides is 1. The second-order valence-corrected chi connectivity index (χ2v) is 3.42. The lowest BCUT2D eigenvalue weighted by atomic mass is 10.2. The zero-order valence-electron chi connectivity index (χ0n) is 7.54. The van der Waals surface area contributed by atoms with Crippen LogP contribution in [-0.4, -0.2) is 29.3 Å². The van der Waals surface area contributed by atoms with Crippen molar-refractivity contribution in [3.05, 3.63) is 0 Å². The van der Waals surface area contributed by atoms with Crippen LogP contribution in [0.25, 0.3) is 0 Å². The van der Waals surface area contributed by atoms with E-state index in [2.05, 4.69) is 5.10 Å². The molecule has 1 heterocycles. The maximum atomic E-state index is 12.9. The van der Waals surface area contributed by atoms with E-state index in [0.717, 1.165) is 0 Å². The van der Waals surface area contributed by atoms with E-state index in [1.807, 2.05) is 13.8 Å². The van der Waals surface area contributed by atoms with Gasteiger partial charge >= 0.3 is 0 Å². The summed E-state index contributed by atoms with van der Waals surface area (Å²) in [4.78, 5) is 11.1. The van der Waals surface area contributed by atoms with Gasteiger partial charge in [0.2, 0.25) is 6.17 Å². The van der Waals surface area contributed by atoms with Crippen molar-refractivity contribution < 1.29 is 9.18 Å². The third-order valence-corrected chi connectivity index (χ3v) is 1.65. The quantitative estimate of drug-likeness (QED) is 0.616. The highest BCUT2D eigenvalue weighted by Gasteiger charge is 2.33. The van der Waals surface area contributed by atoms with Crippen molar-refractivity contribution in [1.29, 1.82) is 0 Å². The van der Waals surface area contributed by atoms with Crippen LogP contribution in [0.2, 0.25) is 0 Å². The number of alkyl halides is 1. The summed E-state index contributed by atoms with van der Waals surface area (Å²) in [5.41, 5.74) is 0.264. The van der Waals surface area contributed by atoms with Crippen LogP contribution in [0.5, 0.6) is 0 Å². The Bertz CT molecular complexity index is 225. The second kappa shape index (κ2) is 3.21. The molecule has 1 aliphatic rings. The fraction of sp³-hybridized carbons (Fsp3) is 0.750. The molecule has 1 aliphatic heterocycles. The number of hydrogen-bond donors (Lipinski definition) is 0. The predicted molar refractivity (Wildman–Crippen MR) is 44.6 cm³/mol. The molecule has 3 nitrogen and oxygen atoms in total. The summed E-state index contributed by atoms with van der Waals surface area (Å²) < 4.78 is 12.9. The average Bonchev–Trinajstić information content (AvgIpc) is 2.17. The second-order valence-electron chi connectivity index (χ2n) is 3.42. The molecule has 1 unspecified atom stereocenters. The molecule has 0 saturated heterocycles. The van der Waals surface area contributed by atoms with E-state index in [1.54, 1.807) is 0 Å². The number of nitrogens with zero attached hydrogens (tertiary/aromatic N) is 2. The van der Waals surface area contributed by atoms with Gasteiger partial charge in [-0.1, -0.05) is 13.8 Å². The van der Waals surface area contributed by atoms with E-state index in [4.69, 9.17) is 0 Å². The number of hydrazone groups is 1. The molecule has 0 aliphatic carbocycles. The van der Waals surface area contributed by atoms with Gasteiger partial charge in [0.05, 0.1) is 5.71 Å². The van der Waals surface area contributed by atoms with E-state index in [1.165, 1.54) is 11.9 Å². The molecule has 0 aromatic carbocycles. The Labute approximate surface area is 71.2 Å². The fourth-order valence-corrected chi connectivity index (χ4v) is 1.08. The SMILES string of the molecule is CC1=NN(CC(C)C)C(=O)C1F. The van der Waals surface area contributed by atoms with Gasteiger partial charge in [0.1, 0.15) is 0 Å². The molecule has 0 aromatic heterocycles. The molecule has 1 amide bonds. The molecule has 0 N–H and O–H groups in total. The minimum Gasteiger partial charge on any atom is -0.269 e. The van der Waals surface area contributed by atoms with Gasteiger partial charge in [0.25, 0.3) is 5.91 Å². The van der Waals surface area contributed by atoms with Crippen LogP contribution >= 0.6 is 0 Å². The highest BCUT2D eigenvalue weighted by molar-refractivity contribution is 6.09. The highest BCUT2D eigenvalue weighted by atomic mass is 19.1. The summed E-state index contributed by atoms with van der Waals surface area (Å²) in [6, 6.07) is 0. The molecule has 0 saturated carbocycles. The van der Waals surface area contributed by atoms with Gasteiger partial charge in [-0.2, -0.15) is 5.10 Å². The first-order valence-corrected chi connectivity index (χ1v) is 4.03. The first-order valence-electron chi connectivity index (χ1n) is 4.03. The smallest absolute Gasteiger partial charge is 0.269 e. The molecule has 12 heavy (non-hydrogen) atoms. The van der Waals surface area contributed by atoms with Gasteiger partial charge in [-0.15, -0.1) is 0 Å². The molecular weight excluding hydrogens is 159 g/mol. The molecule has 4 heteroatoms. The van der Waals surface area contributed by atoms with Gasteiger partial charge in [-0.3, -0.25) is 4.79 Å². The topological polar surface area (TPSA) is 32.7 Å². The van der Waals surface area contributed by atoms with E-state index in [9.17, 15) is 9.18 Å². The van der Waals surface area contributed by atoms with Crippen molar-refractivity contribution in [2.45, 2.75) is 26.9 Å². The normalized spacial score (nSPS) is 23.8. The lowest BCUT2D eigenvalue weighted by Gasteiger charge is -2.13. The van der Waals surface area contributed by atoms with Crippen molar-refractivity contribution >= 4 is 11.6 Å². The number of rotatable bonds is 2. The Morgan fingerprint density at radius 2 is 2.25 bits per heavy atom. The maximum Gasteiger partial charge on any atom is 0.283 e. The number of hydrogen-bond acceptors (Lipinski definition) is 2. The molecule has 0 spiro atoms. The summed E-state index contributed by atoms with van der Waals surface area (Å²) in [5.74, 6) is -0.211. The van der Waals surface area contributed by atoms with Gasteiger partial charge in [0.15, 0.2) is 0 Å².